The Hall–Kier alpha value is -0.540. The van der Waals surface area contributed by atoms with Gasteiger partial charge in [-0.25, -0.2) is 0 Å². The zero-order valence-electron chi connectivity index (χ0n) is 9.11. The third kappa shape index (κ3) is 2.52. The van der Waals surface area contributed by atoms with E-state index < -0.39 is 5.60 Å². The van der Waals surface area contributed by atoms with Crippen LogP contribution in [0.25, 0.3) is 0 Å². The molecule has 1 aliphatic carbocycles. The van der Waals surface area contributed by atoms with Crippen molar-refractivity contribution in [3.8, 4) is 0 Å². The van der Waals surface area contributed by atoms with Crippen LogP contribution in [-0.4, -0.2) is 21.6 Å². The first-order valence-electron chi connectivity index (χ1n) is 5.15. The molecule has 0 unspecified atom stereocenters. The van der Waals surface area contributed by atoms with Crippen LogP contribution in [0.2, 0.25) is 0 Å². The van der Waals surface area contributed by atoms with E-state index in [9.17, 15) is 9.90 Å². The van der Waals surface area contributed by atoms with Gasteiger partial charge in [-0.2, -0.15) is 0 Å². The average molecular weight is 226 g/mol. The van der Waals surface area contributed by atoms with Gasteiger partial charge in [-0.1, -0.05) is 23.9 Å². The van der Waals surface area contributed by atoms with Crippen LogP contribution in [0, 0.1) is 11.8 Å². The lowest BCUT2D eigenvalue weighted by Gasteiger charge is -2.32. The van der Waals surface area contributed by atoms with E-state index in [-0.39, 0.29) is 17.0 Å². The van der Waals surface area contributed by atoms with Crippen LogP contribution < -0.4 is 0 Å². The third-order valence-corrected chi connectivity index (χ3v) is 4.16. The Morgan fingerprint density at radius 3 is 2.27 bits per heavy atom. The van der Waals surface area contributed by atoms with E-state index in [1.165, 1.54) is 18.7 Å². The Kier molecular flexibility index (Phi) is 4.17. The molecule has 1 aliphatic rings. The standard InChI is InChI=1S/C12H18O2S/c1-4-10-6-7-11(5-2)12(10,14)8-15-9(3)13/h4-5,10-11,14H,1-2,6-8H2,3H3/t10-,11-/m1/s1. The van der Waals surface area contributed by atoms with Gasteiger partial charge in [0.05, 0.1) is 5.60 Å². The van der Waals surface area contributed by atoms with Crippen LogP contribution in [0.4, 0.5) is 0 Å². The second-order valence-corrected chi connectivity index (χ2v) is 5.19. The molecule has 0 heterocycles. The Labute approximate surface area is 95.4 Å². The number of hydrogen-bond donors (Lipinski definition) is 1. The van der Waals surface area contributed by atoms with Gasteiger partial charge in [0.1, 0.15) is 0 Å². The number of carbonyl (C=O) groups excluding carboxylic acids is 1. The highest BCUT2D eigenvalue weighted by Gasteiger charge is 2.46. The maximum atomic E-state index is 10.9. The molecular weight excluding hydrogens is 208 g/mol. The molecule has 1 N–H and O–H groups in total. The topological polar surface area (TPSA) is 37.3 Å². The highest BCUT2D eigenvalue weighted by molar-refractivity contribution is 8.13. The zero-order valence-corrected chi connectivity index (χ0v) is 9.93. The molecule has 2 atom stereocenters. The van der Waals surface area contributed by atoms with Crippen molar-refractivity contribution in [3.05, 3.63) is 25.3 Å². The first-order valence-corrected chi connectivity index (χ1v) is 6.14. The lowest BCUT2D eigenvalue weighted by atomic mass is 9.86. The Morgan fingerprint density at radius 1 is 1.47 bits per heavy atom. The summed E-state index contributed by atoms with van der Waals surface area (Å²) < 4.78 is 0. The van der Waals surface area contributed by atoms with E-state index in [4.69, 9.17) is 0 Å². The number of aliphatic hydroxyl groups is 1. The van der Waals surface area contributed by atoms with Crippen molar-refractivity contribution >= 4 is 16.9 Å². The fraction of sp³-hybridized carbons (Fsp3) is 0.583. The molecule has 2 nitrogen and oxygen atoms in total. The molecule has 0 spiro atoms. The first kappa shape index (κ1) is 12.5. The summed E-state index contributed by atoms with van der Waals surface area (Å²) in [6, 6.07) is 0. The monoisotopic (exact) mass is 226 g/mol. The number of rotatable bonds is 4. The van der Waals surface area contributed by atoms with Crippen LogP contribution in [0.5, 0.6) is 0 Å². The second-order valence-electron chi connectivity index (χ2n) is 4.03. The van der Waals surface area contributed by atoms with Crippen LogP contribution in [0.15, 0.2) is 25.3 Å². The van der Waals surface area contributed by atoms with Crippen molar-refractivity contribution in [2.75, 3.05) is 5.75 Å². The van der Waals surface area contributed by atoms with Crippen molar-refractivity contribution < 1.29 is 9.90 Å². The summed E-state index contributed by atoms with van der Waals surface area (Å²) in [5, 5.41) is 10.6. The minimum absolute atomic E-state index is 0.0425. The van der Waals surface area contributed by atoms with Gasteiger partial charge in [0.25, 0.3) is 0 Å². The SMILES string of the molecule is C=C[C@@H]1CC[C@@H](C=C)C1(O)CSC(C)=O. The molecule has 15 heavy (non-hydrogen) atoms. The van der Waals surface area contributed by atoms with Crippen LogP contribution in [-0.2, 0) is 4.79 Å². The van der Waals surface area contributed by atoms with E-state index in [1.54, 1.807) is 12.2 Å². The average Bonchev–Trinajstić information content (AvgIpc) is 2.52. The molecule has 1 rings (SSSR count). The molecule has 0 aromatic heterocycles. The van der Waals surface area contributed by atoms with Gasteiger partial charge in [0, 0.05) is 24.5 Å². The van der Waals surface area contributed by atoms with E-state index >= 15 is 0 Å². The molecule has 3 heteroatoms. The van der Waals surface area contributed by atoms with E-state index in [0.717, 1.165) is 12.8 Å². The van der Waals surface area contributed by atoms with Gasteiger partial charge in [-0.05, 0) is 12.8 Å². The Morgan fingerprint density at radius 2 is 1.93 bits per heavy atom. The molecule has 0 aromatic carbocycles. The van der Waals surface area contributed by atoms with Gasteiger partial charge < -0.3 is 5.11 Å². The summed E-state index contributed by atoms with van der Waals surface area (Å²) in [6.07, 6.45) is 5.44. The summed E-state index contributed by atoms with van der Waals surface area (Å²) in [6.45, 7) is 9.01. The highest BCUT2D eigenvalue weighted by Crippen LogP contribution is 2.43. The molecule has 1 saturated carbocycles. The molecule has 0 amide bonds. The summed E-state index contributed by atoms with van der Waals surface area (Å²) >= 11 is 1.18. The third-order valence-electron chi connectivity index (χ3n) is 3.15. The lowest BCUT2D eigenvalue weighted by molar-refractivity contribution is -0.109. The van der Waals surface area contributed by atoms with Gasteiger partial charge in [-0.3, -0.25) is 4.79 Å². The van der Waals surface area contributed by atoms with Crippen molar-refractivity contribution in [1.82, 2.24) is 0 Å². The van der Waals surface area contributed by atoms with Gasteiger partial charge in [0.15, 0.2) is 5.12 Å². The Bertz CT molecular complexity index is 257. The predicted molar refractivity (Wildman–Crippen MR) is 64.7 cm³/mol. The van der Waals surface area contributed by atoms with Crippen molar-refractivity contribution in [2.24, 2.45) is 11.8 Å². The number of carbonyl (C=O) groups is 1. The summed E-state index contributed by atoms with van der Waals surface area (Å²) in [5.41, 5.74) is -0.833. The van der Waals surface area contributed by atoms with Crippen LogP contribution >= 0.6 is 11.8 Å². The maximum absolute atomic E-state index is 10.9. The smallest absolute Gasteiger partial charge is 0.185 e. The molecule has 0 bridgehead atoms. The summed E-state index contributed by atoms with van der Waals surface area (Å²) in [7, 11) is 0. The molecule has 84 valence electrons. The van der Waals surface area contributed by atoms with Crippen molar-refractivity contribution in [2.45, 2.75) is 25.4 Å². The zero-order chi connectivity index (χ0) is 11.5. The van der Waals surface area contributed by atoms with Crippen molar-refractivity contribution in [1.29, 1.82) is 0 Å². The molecule has 1 fully saturated rings. The van der Waals surface area contributed by atoms with Crippen molar-refractivity contribution in [3.63, 3.8) is 0 Å². The minimum atomic E-state index is -0.833. The normalized spacial score (nSPS) is 28.7. The quantitative estimate of drug-likeness (QED) is 0.748. The number of thioether (sulfide) groups is 1. The molecule has 0 aliphatic heterocycles. The number of hydrogen-bond acceptors (Lipinski definition) is 3. The van der Waals surface area contributed by atoms with Gasteiger partial charge in [-0.15, -0.1) is 13.2 Å². The Balaban J connectivity index is 2.77. The van der Waals surface area contributed by atoms with Gasteiger partial charge >= 0.3 is 0 Å². The van der Waals surface area contributed by atoms with Gasteiger partial charge in [0.2, 0.25) is 0 Å². The van der Waals surface area contributed by atoms with E-state index in [1.807, 2.05) is 0 Å². The molecule has 0 radical (unpaired) electrons. The minimum Gasteiger partial charge on any atom is -0.388 e. The lowest BCUT2D eigenvalue weighted by Crippen LogP contribution is -2.41. The summed E-state index contributed by atoms with van der Waals surface area (Å²) in [4.78, 5) is 10.9. The van der Waals surface area contributed by atoms with Crippen LogP contribution in [0.1, 0.15) is 19.8 Å². The fourth-order valence-corrected chi connectivity index (χ4v) is 3.07. The first-order chi connectivity index (χ1) is 7.04. The maximum Gasteiger partial charge on any atom is 0.185 e. The molecule has 0 aromatic rings. The highest BCUT2D eigenvalue weighted by atomic mass is 32.2. The fourth-order valence-electron chi connectivity index (χ4n) is 2.21. The van der Waals surface area contributed by atoms with Crippen LogP contribution in [0.3, 0.4) is 0 Å². The van der Waals surface area contributed by atoms with E-state index in [2.05, 4.69) is 13.2 Å². The second kappa shape index (κ2) is 4.99. The van der Waals surface area contributed by atoms with E-state index in [0.29, 0.717) is 5.75 Å². The molecule has 0 saturated heterocycles. The summed E-state index contributed by atoms with van der Waals surface area (Å²) in [5.74, 6) is 0.593. The largest absolute Gasteiger partial charge is 0.388 e. The molecular formula is C12H18O2S. The predicted octanol–water partition coefficient (Wildman–Crippen LogP) is 2.40.